The van der Waals surface area contributed by atoms with Gasteiger partial charge in [0.25, 0.3) is 5.91 Å². The molecule has 0 aromatic heterocycles. The first-order valence-electron chi connectivity index (χ1n) is 9.59. The van der Waals surface area contributed by atoms with Crippen LogP contribution in [0.2, 0.25) is 0 Å². The zero-order chi connectivity index (χ0) is 20.3. The number of carboxylic acid groups (broad SMARTS) is 1. The summed E-state index contributed by atoms with van der Waals surface area (Å²) < 4.78 is 0. The number of benzene rings is 1. The monoisotopic (exact) mass is 387 g/mol. The Bertz CT molecular complexity index is 751. The molecule has 8 heteroatoms. The molecule has 0 radical (unpaired) electrons. The maximum atomic E-state index is 12.7. The fourth-order valence-electron chi connectivity index (χ4n) is 3.69. The van der Waals surface area contributed by atoms with E-state index >= 15 is 0 Å². The SMILES string of the molecule is C[C@H](NC(=O)CCCCCN1C(=O)[C@@H]2Cc3ccccc3CN2C1=O)C(=O)O. The molecule has 8 nitrogen and oxygen atoms in total. The Morgan fingerprint density at radius 2 is 1.89 bits per heavy atom. The summed E-state index contributed by atoms with van der Waals surface area (Å²) in [5, 5.41) is 11.2. The van der Waals surface area contributed by atoms with Crippen molar-refractivity contribution in [3.05, 3.63) is 35.4 Å². The predicted molar refractivity (Wildman–Crippen MR) is 100 cm³/mol. The topological polar surface area (TPSA) is 107 Å². The van der Waals surface area contributed by atoms with Crippen molar-refractivity contribution in [2.75, 3.05) is 6.54 Å². The third-order valence-corrected chi connectivity index (χ3v) is 5.31. The molecular weight excluding hydrogens is 362 g/mol. The average molecular weight is 387 g/mol. The van der Waals surface area contributed by atoms with Crippen molar-refractivity contribution in [3.8, 4) is 0 Å². The summed E-state index contributed by atoms with van der Waals surface area (Å²) in [5.41, 5.74) is 2.21. The number of hydrogen-bond acceptors (Lipinski definition) is 4. The molecule has 0 aliphatic carbocycles. The molecule has 0 saturated carbocycles. The van der Waals surface area contributed by atoms with E-state index in [-0.39, 0.29) is 24.3 Å². The van der Waals surface area contributed by atoms with E-state index in [1.165, 1.54) is 11.8 Å². The second-order valence-electron chi connectivity index (χ2n) is 7.33. The summed E-state index contributed by atoms with van der Waals surface area (Å²) in [6, 6.07) is 6.32. The van der Waals surface area contributed by atoms with E-state index in [1.807, 2.05) is 24.3 Å². The Kier molecular flexibility index (Phi) is 5.96. The molecule has 2 atom stereocenters. The summed E-state index contributed by atoms with van der Waals surface area (Å²) in [6.07, 6.45) is 2.65. The van der Waals surface area contributed by atoms with Crippen molar-refractivity contribution >= 4 is 23.8 Å². The fourth-order valence-corrected chi connectivity index (χ4v) is 3.69. The number of hydrogen-bond donors (Lipinski definition) is 2. The van der Waals surface area contributed by atoms with E-state index in [0.717, 1.165) is 11.1 Å². The number of carbonyl (C=O) groups is 4. The van der Waals surface area contributed by atoms with E-state index in [2.05, 4.69) is 5.32 Å². The number of urea groups is 1. The van der Waals surface area contributed by atoms with Gasteiger partial charge in [-0.15, -0.1) is 0 Å². The van der Waals surface area contributed by atoms with Gasteiger partial charge in [0.15, 0.2) is 0 Å². The quantitative estimate of drug-likeness (QED) is 0.520. The molecule has 2 N–H and O–H groups in total. The number of rotatable bonds is 8. The number of unbranched alkanes of at least 4 members (excludes halogenated alkanes) is 2. The summed E-state index contributed by atoms with van der Waals surface area (Å²) in [7, 11) is 0. The van der Waals surface area contributed by atoms with E-state index in [1.54, 1.807) is 4.90 Å². The molecular formula is C20H25N3O5. The Hall–Kier alpha value is -2.90. The minimum Gasteiger partial charge on any atom is -0.480 e. The standard InChI is InChI=1S/C20H25N3O5/c1-13(19(26)27)21-17(24)9-3-2-6-10-22-18(25)16-11-14-7-4-5-8-15(14)12-23(16)20(22)28/h4-5,7-8,13,16H,2-3,6,9-12H2,1H3,(H,21,24)(H,26,27)/t13-,16-/m0/s1. The maximum absolute atomic E-state index is 12.7. The van der Waals surface area contributed by atoms with Crippen molar-refractivity contribution in [2.24, 2.45) is 0 Å². The van der Waals surface area contributed by atoms with Gasteiger partial charge < -0.3 is 15.3 Å². The molecule has 4 amide bonds. The highest BCUT2D eigenvalue weighted by molar-refractivity contribution is 6.04. The van der Waals surface area contributed by atoms with Crippen LogP contribution in [0.5, 0.6) is 0 Å². The van der Waals surface area contributed by atoms with E-state index in [4.69, 9.17) is 5.11 Å². The van der Waals surface area contributed by atoms with Crippen LogP contribution < -0.4 is 5.32 Å². The molecule has 1 saturated heterocycles. The predicted octanol–water partition coefficient (Wildman–Crippen LogP) is 1.53. The lowest BCUT2D eigenvalue weighted by molar-refractivity contribution is -0.141. The molecule has 3 rings (SSSR count). The highest BCUT2D eigenvalue weighted by Crippen LogP contribution is 2.30. The molecule has 2 aliphatic rings. The lowest BCUT2D eigenvalue weighted by atomic mass is 9.95. The van der Waals surface area contributed by atoms with E-state index < -0.39 is 18.1 Å². The van der Waals surface area contributed by atoms with Gasteiger partial charge in [0.2, 0.25) is 5.91 Å². The summed E-state index contributed by atoms with van der Waals surface area (Å²) in [6.45, 7) is 2.22. The zero-order valence-electron chi connectivity index (χ0n) is 15.9. The van der Waals surface area contributed by atoms with Crippen LogP contribution in [0.25, 0.3) is 0 Å². The van der Waals surface area contributed by atoms with Crippen molar-refractivity contribution in [3.63, 3.8) is 0 Å². The molecule has 0 bridgehead atoms. The first kappa shape index (κ1) is 19.9. The van der Waals surface area contributed by atoms with Crippen molar-refractivity contribution in [1.82, 2.24) is 15.1 Å². The van der Waals surface area contributed by atoms with Crippen LogP contribution >= 0.6 is 0 Å². The number of fused-ring (bicyclic) bond motifs is 2. The lowest BCUT2D eigenvalue weighted by Crippen LogP contribution is -2.39. The van der Waals surface area contributed by atoms with Crippen LogP contribution in [0.4, 0.5) is 4.79 Å². The third-order valence-electron chi connectivity index (χ3n) is 5.31. The number of nitrogens with zero attached hydrogens (tertiary/aromatic N) is 2. The average Bonchev–Trinajstić information content (AvgIpc) is 2.90. The number of carbonyl (C=O) groups excluding carboxylic acids is 3. The highest BCUT2D eigenvalue weighted by atomic mass is 16.4. The molecule has 150 valence electrons. The van der Waals surface area contributed by atoms with Gasteiger partial charge in [0.05, 0.1) is 0 Å². The minimum absolute atomic E-state index is 0.146. The summed E-state index contributed by atoms with van der Waals surface area (Å²) in [4.78, 5) is 50.6. The Morgan fingerprint density at radius 3 is 2.61 bits per heavy atom. The largest absolute Gasteiger partial charge is 0.480 e. The van der Waals surface area contributed by atoms with Gasteiger partial charge >= 0.3 is 12.0 Å². The van der Waals surface area contributed by atoms with Gasteiger partial charge in [0, 0.05) is 25.9 Å². The first-order chi connectivity index (χ1) is 13.4. The lowest BCUT2D eigenvalue weighted by Gasteiger charge is -2.28. The Balaban J connectivity index is 1.44. The van der Waals surface area contributed by atoms with Gasteiger partial charge in [-0.2, -0.15) is 0 Å². The van der Waals surface area contributed by atoms with Crippen LogP contribution in [0, 0.1) is 0 Å². The molecule has 28 heavy (non-hydrogen) atoms. The summed E-state index contributed by atoms with van der Waals surface area (Å²) >= 11 is 0. The maximum Gasteiger partial charge on any atom is 0.327 e. The Labute approximate surface area is 163 Å². The van der Waals surface area contributed by atoms with E-state index in [9.17, 15) is 19.2 Å². The van der Waals surface area contributed by atoms with Crippen LogP contribution in [-0.2, 0) is 27.3 Å². The highest BCUT2D eigenvalue weighted by Gasteiger charge is 2.46. The van der Waals surface area contributed by atoms with Crippen LogP contribution in [0.1, 0.15) is 43.7 Å². The molecule has 2 aliphatic heterocycles. The summed E-state index contributed by atoms with van der Waals surface area (Å²) in [5.74, 6) is -1.52. The second-order valence-corrected chi connectivity index (χ2v) is 7.33. The van der Waals surface area contributed by atoms with Crippen molar-refractivity contribution in [1.29, 1.82) is 0 Å². The zero-order valence-corrected chi connectivity index (χ0v) is 15.9. The molecule has 1 aromatic rings. The molecule has 1 fully saturated rings. The Morgan fingerprint density at radius 1 is 1.18 bits per heavy atom. The van der Waals surface area contributed by atoms with Gasteiger partial charge in [0.1, 0.15) is 12.1 Å². The fraction of sp³-hybridized carbons (Fsp3) is 0.500. The van der Waals surface area contributed by atoms with Crippen LogP contribution in [0.15, 0.2) is 24.3 Å². The van der Waals surface area contributed by atoms with Gasteiger partial charge in [-0.05, 0) is 30.9 Å². The first-order valence-corrected chi connectivity index (χ1v) is 9.59. The number of carboxylic acids is 1. The minimum atomic E-state index is -1.07. The number of imide groups is 1. The number of aliphatic carboxylic acids is 1. The van der Waals surface area contributed by atoms with E-state index in [0.29, 0.717) is 38.8 Å². The van der Waals surface area contributed by atoms with Gasteiger partial charge in [-0.3, -0.25) is 19.3 Å². The molecule has 2 heterocycles. The third kappa shape index (κ3) is 4.16. The number of nitrogens with one attached hydrogen (secondary N) is 1. The van der Waals surface area contributed by atoms with Crippen LogP contribution in [-0.4, -0.2) is 57.3 Å². The number of amides is 4. The smallest absolute Gasteiger partial charge is 0.327 e. The van der Waals surface area contributed by atoms with Gasteiger partial charge in [-0.1, -0.05) is 30.7 Å². The van der Waals surface area contributed by atoms with Crippen molar-refractivity contribution in [2.45, 2.75) is 57.7 Å². The normalized spacial score (nSPS) is 19.2. The van der Waals surface area contributed by atoms with Gasteiger partial charge in [-0.25, -0.2) is 4.79 Å². The molecule has 1 aromatic carbocycles. The van der Waals surface area contributed by atoms with Crippen LogP contribution in [0.3, 0.4) is 0 Å². The molecule has 0 unspecified atom stereocenters. The second kappa shape index (κ2) is 8.41. The molecule has 0 spiro atoms. The van der Waals surface area contributed by atoms with Crippen molar-refractivity contribution < 1.29 is 24.3 Å².